The fourth-order valence-corrected chi connectivity index (χ4v) is 5.84. The normalized spacial score (nSPS) is 16.1. The molecule has 6 nitrogen and oxygen atoms in total. The van der Waals surface area contributed by atoms with Crippen LogP contribution in [0.3, 0.4) is 0 Å². The van der Waals surface area contributed by atoms with Crippen molar-refractivity contribution in [3.63, 3.8) is 0 Å². The van der Waals surface area contributed by atoms with Crippen molar-refractivity contribution in [2.75, 3.05) is 26.2 Å². The second-order valence-corrected chi connectivity index (χ2v) is 10.2. The Labute approximate surface area is 177 Å². The SMILES string of the molecule is Cc1ccc(S(=O)(=O)NCCC(=O)NC[C@H](c2cccs2)N2CCCC2)c(C)c1. The number of nitrogens with one attached hydrogen (secondary N) is 2. The zero-order valence-electron chi connectivity index (χ0n) is 17.0. The summed E-state index contributed by atoms with van der Waals surface area (Å²) in [5.41, 5.74) is 1.71. The summed E-state index contributed by atoms with van der Waals surface area (Å²) in [7, 11) is -3.62. The van der Waals surface area contributed by atoms with E-state index in [2.05, 4.69) is 26.4 Å². The van der Waals surface area contributed by atoms with Gasteiger partial charge in [0.2, 0.25) is 15.9 Å². The van der Waals surface area contributed by atoms with Gasteiger partial charge in [0.05, 0.1) is 10.9 Å². The molecule has 0 spiro atoms. The molecule has 2 aromatic rings. The molecule has 0 saturated carbocycles. The molecule has 1 aromatic heterocycles. The van der Waals surface area contributed by atoms with Crippen molar-refractivity contribution in [3.8, 4) is 0 Å². The van der Waals surface area contributed by atoms with Crippen LogP contribution in [0.4, 0.5) is 0 Å². The highest BCUT2D eigenvalue weighted by atomic mass is 32.2. The second-order valence-electron chi connectivity index (χ2n) is 7.50. The lowest BCUT2D eigenvalue weighted by molar-refractivity contribution is -0.121. The van der Waals surface area contributed by atoms with Crippen molar-refractivity contribution in [1.29, 1.82) is 0 Å². The smallest absolute Gasteiger partial charge is 0.240 e. The van der Waals surface area contributed by atoms with Crippen molar-refractivity contribution in [2.45, 2.75) is 44.0 Å². The first-order valence-corrected chi connectivity index (χ1v) is 12.3. The maximum Gasteiger partial charge on any atom is 0.240 e. The van der Waals surface area contributed by atoms with Gasteiger partial charge in [0.1, 0.15) is 0 Å². The Hall–Kier alpha value is -1.74. The van der Waals surface area contributed by atoms with Crippen LogP contribution in [-0.2, 0) is 14.8 Å². The summed E-state index contributed by atoms with van der Waals surface area (Å²) in [6, 6.07) is 9.55. The van der Waals surface area contributed by atoms with Crippen molar-refractivity contribution >= 4 is 27.3 Å². The van der Waals surface area contributed by atoms with E-state index in [1.54, 1.807) is 30.4 Å². The minimum atomic E-state index is -3.62. The Morgan fingerprint density at radius 3 is 2.62 bits per heavy atom. The van der Waals surface area contributed by atoms with E-state index < -0.39 is 10.0 Å². The summed E-state index contributed by atoms with van der Waals surface area (Å²) in [5, 5.41) is 5.04. The molecule has 1 aliphatic heterocycles. The Bertz CT molecular complexity index is 921. The molecule has 0 bridgehead atoms. The number of amides is 1. The van der Waals surface area contributed by atoms with Gasteiger partial charge in [-0.15, -0.1) is 11.3 Å². The van der Waals surface area contributed by atoms with E-state index in [9.17, 15) is 13.2 Å². The van der Waals surface area contributed by atoms with Crippen LogP contribution in [0, 0.1) is 13.8 Å². The van der Waals surface area contributed by atoms with E-state index >= 15 is 0 Å². The fourth-order valence-electron chi connectivity index (χ4n) is 3.72. The minimum absolute atomic E-state index is 0.0782. The van der Waals surface area contributed by atoms with E-state index in [0.29, 0.717) is 12.1 Å². The topological polar surface area (TPSA) is 78.5 Å². The summed E-state index contributed by atoms with van der Waals surface area (Å²) in [6.45, 7) is 6.42. The van der Waals surface area contributed by atoms with Crippen molar-refractivity contribution in [2.24, 2.45) is 0 Å². The van der Waals surface area contributed by atoms with E-state index in [0.717, 1.165) is 18.7 Å². The first-order chi connectivity index (χ1) is 13.9. The van der Waals surface area contributed by atoms with Gasteiger partial charge in [-0.2, -0.15) is 0 Å². The Morgan fingerprint density at radius 2 is 1.97 bits per heavy atom. The van der Waals surface area contributed by atoms with Gasteiger partial charge in [0, 0.05) is 24.4 Å². The standard InChI is InChI=1S/C21H29N3O3S2/c1-16-7-8-20(17(2)14-16)29(26,27)23-10-9-21(25)22-15-18(19-6-5-13-28-19)24-11-3-4-12-24/h5-8,13-14,18,23H,3-4,9-12,15H2,1-2H3,(H,22,25)/t18-/m1/s1. The van der Waals surface area contributed by atoms with Crippen LogP contribution >= 0.6 is 11.3 Å². The third-order valence-electron chi connectivity index (χ3n) is 5.21. The van der Waals surface area contributed by atoms with Crippen LogP contribution in [0.2, 0.25) is 0 Å². The zero-order valence-corrected chi connectivity index (χ0v) is 18.6. The molecular formula is C21H29N3O3S2. The zero-order chi connectivity index (χ0) is 20.9. The largest absolute Gasteiger partial charge is 0.354 e. The maximum absolute atomic E-state index is 12.5. The lowest BCUT2D eigenvalue weighted by Gasteiger charge is -2.26. The molecule has 1 aliphatic rings. The number of hydrogen-bond donors (Lipinski definition) is 2. The van der Waals surface area contributed by atoms with Crippen LogP contribution in [0.15, 0.2) is 40.6 Å². The highest BCUT2D eigenvalue weighted by Gasteiger charge is 2.24. The average Bonchev–Trinajstić information content (AvgIpc) is 3.36. The number of aryl methyl sites for hydroxylation is 2. The molecule has 2 heterocycles. The average molecular weight is 436 g/mol. The van der Waals surface area contributed by atoms with Crippen molar-refractivity contribution < 1.29 is 13.2 Å². The van der Waals surface area contributed by atoms with Crippen LogP contribution in [0.25, 0.3) is 0 Å². The molecule has 8 heteroatoms. The molecule has 1 aromatic carbocycles. The van der Waals surface area contributed by atoms with Gasteiger partial charge in [-0.05, 0) is 62.9 Å². The summed E-state index contributed by atoms with van der Waals surface area (Å²) in [6.07, 6.45) is 2.49. The number of thiophene rings is 1. The Kier molecular flexibility index (Phi) is 7.45. The molecule has 29 heavy (non-hydrogen) atoms. The third-order valence-corrected chi connectivity index (χ3v) is 7.80. The van der Waals surface area contributed by atoms with Crippen LogP contribution < -0.4 is 10.0 Å². The van der Waals surface area contributed by atoms with Crippen LogP contribution in [0.5, 0.6) is 0 Å². The first-order valence-electron chi connectivity index (χ1n) is 9.98. The summed E-state index contributed by atoms with van der Waals surface area (Å²) in [5.74, 6) is -0.144. The monoisotopic (exact) mass is 435 g/mol. The molecule has 1 amide bonds. The molecule has 3 rings (SSSR count). The van der Waals surface area contributed by atoms with Gasteiger partial charge in [-0.1, -0.05) is 23.8 Å². The van der Waals surface area contributed by atoms with E-state index in [1.165, 1.54) is 17.7 Å². The first kappa shape index (κ1) is 22.0. The Balaban J connectivity index is 1.50. The number of nitrogens with zero attached hydrogens (tertiary/aromatic N) is 1. The number of hydrogen-bond acceptors (Lipinski definition) is 5. The van der Waals surface area contributed by atoms with Crippen LogP contribution in [-0.4, -0.2) is 45.4 Å². The number of carbonyl (C=O) groups excluding carboxylic acids is 1. The highest BCUT2D eigenvalue weighted by molar-refractivity contribution is 7.89. The molecule has 1 atom stereocenters. The maximum atomic E-state index is 12.5. The van der Waals surface area contributed by atoms with Crippen molar-refractivity contribution in [1.82, 2.24) is 14.9 Å². The summed E-state index contributed by atoms with van der Waals surface area (Å²) >= 11 is 1.71. The van der Waals surface area contributed by atoms with Gasteiger partial charge < -0.3 is 5.32 Å². The second kappa shape index (κ2) is 9.84. The lowest BCUT2D eigenvalue weighted by Crippen LogP contribution is -2.37. The number of benzene rings is 1. The van der Waals surface area contributed by atoms with Gasteiger partial charge in [0.25, 0.3) is 0 Å². The highest BCUT2D eigenvalue weighted by Crippen LogP contribution is 2.27. The molecular weight excluding hydrogens is 406 g/mol. The number of likely N-dealkylation sites (tertiary alicyclic amines) is 1. The number of carbonyl (C=O) groups is 1. The number of rotatable bonds is 9. The molecule has 1 saturated heterocycles. The molecule has 2 N–H and O–H groups in total. The molecule has 158 valence electrons. The Morgan fingerprint density at radius 1 is 1.21 bits per heavy atom. The predicted molar refractivity (Wildman–Crippen MR) is 117 cm³/mol. The van der Waals surface area contributed by atoms with Gasteiger partial charge in [-0.25, -0.2) is 13.1 Å². The summed E-state index contributed by atoms with van der Waals surface area (Å²) in [4.78, 5) is 16.2. The van der Waals surface area contributed by atoms with E-state index in [1.807, 2.05) is 19.1 Å². The molecule has 0 radical (unpaired) electrons. The van der Waals surface area contributed by atoms with Gasteiger partial charge in [-0.3, -0.25) is 9.69 Å². The lowest BCUT2D eigenvalue weighted by atomic mass is 10.2. The van der Waals surface area contributed by atoms with Crippen molar-refractivity contribution in [3.05, 3.63) is 51.7 Å². The third kappa shape index (κ3) is 5.88. The van der Waals surface area contributed by atoms with Crippen LogP contribution in [0.1, 0.15) is 41.3 Å². The quantitative estimate of drug-likeness (QED) is 0.635. The fraction of sp³-hybridized carbons (Fsp3) is 0.476. The molecule has 0 aliphatic carbocycles. The molecule has 0 unspecified atom stereocenters. The van der Waals surface area contributed by atoms with Gasteiger partial charge in [0.15, 0.2) is 0 Å². The van der Waals surface area contributed by atoms with E-state index in [4.69, 9.17) is 0 Å². The summed E-state index contributed by atoms with van der Waals surface area (Å²) < 4.78 is 27.5. The molecule has 1 fully saturated rings. The minimum Gasteiger partial charge on any atom is -0.354 e. The van der Waals surface area contributed by atoms with Gasteiger partial charge >= 0.3 is 0 Å². The predicted octanol–water partition coefficient (Wildman–Crippen LogP) is 2.99. The number of sulfonamides is 1. The van der Waals surface area contributed by atoms with E-state index in [-0.39, 0.29) is 29.8 Å².